The Balaban J connectivity index is 1.98. The minimum atomic E-state index is -0.776. The summed E-state index contributed by atoms with van der Waals surface area (Å²) in [4.78, 5) is 10.8. The summed E-state index contributed by atoms with van der Waals surface area (Å²) in [6, 6.07) is 5.31. The van der Waals surface area contributed by atoms with Crippen LogP contribution in [0.15, 0.2) is 18.2 Å². The van der Waals surface area contributed by atoms with Gasteiger partial charge >= 0.3 is 5.97 Å². The van der Waals surface area contributed by atoms with Crippen molar-refractivity contribution >= 4 is 29.2 Å². The number of carbonyl (C=O) groups is 1. The van der Waals surface area contributed by atoms with Crippen LogP contribution in [0.2, 0.25) is 10.0 Å². The maximum absolute atomic E-state index is 10.8. The van der Waals surface area contributed by atoms with Crippen molar-refractivity contribution in [2.24, 2.45) is 0 Å². The van der Waals surface area contributed by atoms with E-state index < -0.39 is 12.0 Å². The van der Waals surface area contributed by atoms with E-state index in [1.54, 1.807) is 6.07 Å². The molecule has 1 fully saturated rings. The summed E-state index contributed by atoms with van der Waals surface area (Å²) in [5.74, 6) is -0.776. The number of hydrogen-bond acceptors (Lipinski definition) is 2. The van der Waals surface area contributed by atoms with Crippen LogP contribution in [0.1, 0.15) is 18.4 Å². The second-order valence-corrected chi connectivity index (χ2v) is 5.10. The minimum absolute atomic E-state index is 0.202. The number of carboxylic acids is 1. The van der Waals surface area contributed by atoms with Crippen molar-refractivity contribution in [3.63, 3.8) is 0 Å². The Hall–Kier alpha value is -0.770. The Morgan fingerprint density at radius 3 is 2.71 bits per heavy atom. The number of hydrogen-bond donors (Lipinski definition) is 2. The number of rotatable bonds is 3. The summed E-state index contributed by atoms with van der Waals surface area (Å²) in [5.41, 5.74) is 1.07. The van der Waals surface area contributed by atoms with Crippen molar-refractivity contribution in [2.75, 3.05) is 0 Å². The highest BCUT2D eigenvalue weighted by atomic mass is 35.5. The van der Waals surface area contributed by atoms with Gasteiger partial charge in [-0.3, -0.25) is 4.79 Å². The molecule has 0 radical (unpaired) electrons. The first-order valence-corrected chi connectivity index (χ1v) is 6.24. The van der Waals surface area contributed by atoms with E-state index in [4.69, 9.17) is 28.3 Å². The zero-order valence-corrected chi connectivity index (χ0v) is 10.6. The molecule has 0 saturated carbocycles. The molecule has 92 valence electrons. The Morgan fingerprint density at radius 2 is 2.12 bits per heavy atom. The molecule has 2 atom stereocenters. The Morgan fingerprint density at radius 1 is 1.35 bits per heavy atom. The quantitative estimate of drug-likeness (QED) is 0.891. The molecule has 1 aliphatic heterocycles. The highest BCUT2D eigenvalue weighted by Gasteiger charge is 2.28. The normalized spacial score (nSPS) is 23.9. The maximum atomic E-state index is 10.8. The van der Waals surface area contributed by atoms with Gasteiger partial charge in [-0.15, -0.1) is 0 Å². The highest BCUT2D eigenvalue weighted by molar-refractivity contribution is 6.42. The Bertz CT molecular complexity index is 437. The monoisotopic (exact) mass is 273 g/mol. The van der Waals surface area contributed by atoms with Crippen LogP contribution in [0.25, 0.3) is 0 Å². The van der Waals surface area contributed by atoms with Gasteiger partial charge < -0.3 is 10.4 Å². The van der Waals surface area contributed by atoms with Crippen LogP contribution in [0, 0.1) is 0 Å². The molecule has 0 aliphatic carbocycles. The van der Waals surface area contributed by atoms with E-state index in [9.17, 15) is 4.79 Å². The van der Waals surface area contributed by atoms with E-state index >= 15 is 0 Å². The van der Waals surface area contributed by atoms with Crippen LogP contribution in [0.5, 0.6) is 0 Å². The molecule has 2 N–H and O–H groups in total. The fourth-order valence-corrected chi connectivity index (χ4v) is 2.45. The molecule has 1 aliphatic rings. The van der Waals surface area contributed by atoms with Gasteiger partial charge in [0.25, 0.3) is 0 Å². The molecule has 0 bridgehead atoms. The molecule has 17 heavy (non-hydrogen) atoms. The van der Waals surface area contributed by atoms with Crippen LogP contribution < -0.4 is 5.32 Å². The summed E-state index contributed by atoms with van der Waals surface area (Å²) in [6.45, 7) is 0. The van der Waals surface area contributed by atoms with Crippen molar-refractivity contribution in [1.82, 2.24) is 5.32 Å². The second-order valence-electron chi connectivity index (χ2n) is 4.28. The Kier molecular flexibility index (Phi) is 3.92. The van der Waals surface area contributed by atoms with Gasteiger partial charge in [-0.2, -0.15) is 0 Å². The molecule has 0 spiro atoms. The third kappa shape index (κ3) is 3.12. The predicted octanol–water partition coefficient (Wildman–Crippen LogP) is 2.74. The number of benzene rings is 1. The molecule has 0 amide bonds. The number of aliphatic carboxylic acids is 1. The average Bonchev–Trinajstić information content (AvgIpc) is 2.72. The predicted molar refractivity (Wildman–Crippen MR) is 67.7 cm³/mol. The molecule has 0 aromatic heterocycles. The molecule has 1 heterocycles. The van der Waals surface area contributed by atoms with Crippen molar-refractivity contribution in [2.45, 2.75) is 31.3 Å². The van der Waals surface area contributed by atoms with Crippen LogP contribution in [0.3, 0.4) is 0 Å². The van der Waals surface area contributed by atoms with Crippen LogP contribution >= 0.6 is 23.2 Å². The van der Waals surface area contributed by atoms with Crippen molar-refractivity contribution in [1.29, 1.82) is 0 Å². The van der Waals surface area contributed by atoms with E-state index in [2.05, 4.69) is 5.32 Å². The summed E-state index contributed by atoms with van der Waals surface area (Å²) in [7, 11) is 0. The molecule has 5 heteroatoms. The summed E-state index contributed by atoms with van der Waals surface area (Å²) >= 11 is 11.8. The highest BCUT2D eigenvalue weighted by Crippen LogP contribution is 2.24. The lowest BCUT2D eigenvalue weighted by Crippen LogP contribution is -2.36. The van der Waals surface area contributed by atoms with Gasteiger partial charge in [0.2, 0.25) is 0 Å². The van der Waals surface area contributed by atoms with Gasteiger partial charge in [0.15, 0.2) is 0 Å². The van der Waals surface area contributed by atoms with Crippen molar-refractivity contribution in [3.8, 4) is 0 Å². The second kappa shape index (κ2) is 5.25. The lowest BCUT2D eigenvalue weighted by Gasteiger charge is -2.12. The number of carboxylic acid groups (broad SMARTS) is 1. The summed E-state index contributed by atoms with van der Waals surface area (Å²) in [5, 5.41) is 13.1. The fourth-order valence-electron chi connectivity index (χ4n) is 2.13. The standard InChI is InChI=1S/C12H13Cl2NO2/c13-9-3-1-7(6-10(9)14)5-8-2-4-11(15-8)12(16)17/h1,3,6,8,11,15H,2,4-5H2,(H,16,17). The lowest BCUT2D eigenvalue weighted by molar-refractivity contribution is -0.139. The van der Waals surface area contributed by atoms with Crippen molar-refractivity contribution < 1.29 is 9.90 Å². The molecule has 1 saturated heterocycles. The molecule has 1 aromatic rings. The SMILES string of the molecule is O=C(O)C1CCC(Cc2ccc(Cl)c(Cl)c2)N1. The average molecular weight is 274 g/mol. The molecule has 2 unspecified atom stereocenters. The first kappa shape index (κ1) is 12.7. The third-order valence-corrected chi connectivity index (χ3v) is 3.74. The summed E-state index contributed by atoms with van der Waals surface area (Å²) in [6.07, 6.45) is 2.33. The molecule has 2 rings (SSSR count). The van der Waals surface area contributed by atoms with Gasteiger partial charge in [-0.25, -0.2) is 0 Å². The zero-order valence-electron chi connectivity index (χ0n) is 9.12. The molecule has 3 nitrogen and oxygen atoms in total. The van der Waals surface area contributed by atoms with Gasteiger partial charge in [0.1, 0.15) is 6.04 Å². The minimum Gasteiger partial charge on any atom is -0.480 e. The zero-order chi connectivity index (χ0) is 12.4. The summed E-state index contributed by atoms with van der Waals surface area (Å²) < 4.78 is 0. The number of nitrogens with one attached hydrogen (secondary N) is 1. The molecular formula is C12H13Cl2NO2. The van der Waals surface area contributed by atoms with E-state index in [1.807, 2.05) is 12.1 Å². The first-order valence-electron chi connectivity index (χ1n) is 5.49. The maximum Gasteiger partial charge on any atom is 0.320 e. The number of halogens is 2. The van der Waals surface area contributed by atoms with Gasteiger partial charge in [-0.05, 0) is 37.0 Å². The lowest BCUT2D eigenvalue weighted by atomic mass is 10.0. The molecular weight excluding hydrogens is 261 g/mol. The van der Waals surface area contributed by atoms with Gasteiger partial charge in [0.05, 0.1) is 10.0 Å². The fraction of sp³-hybridized carbons (Fsp3) is 0.417. The first-order chi connectivity index (χ1) is 8.06. The van der Waals surface area contributed by atoms with E-state index in [0.717, 1.165) is 18.4 Å². The van der Waals surface area contributed by atoms with Crippen LogP contribution in [-0.4, -0.2) is 23.2 Å². The van der Waals surface area contributed by atoms with Gasteiger partial charge in [-0.1, -0.05) is 29.3 Å². The smallest absolute Gasteiger partial charge is 0.320 e. The van der Waals surface area contributed by atoms with E-state index in [-0.39, 0.29) is 6.04 Å². The largest absolute Gasteiger partial charge is 0.480 e. The topological polar surface area (TPSA) is 49.3 Å². The molecule has 1 aromatic carbocycles. The van der Waals surface area contributed by atoms with Crippen LogP contribution in [-0.2, 0) is 11.2 Å². The van der Waals surface area contributed by atoms with Gasteiger partial charge in [0, 0.05) is 6.04 Å². The Labute approximate surface area is 110 Å². The van der Waals surface area contributed by atoms with Crippen LogP contribution in [0.4, 0.5) is 0 Å². The van der Waals surface area contributed by atoms with E-state index in [1.165, 1.54) is 0 Å². The third-order valence-electron chi connectivity index (χ3n) is 3.00. The van der Waals surface area contributed by atoms with E-state index in [0.29, 0.717) is 16.5 Å². The van der Waals surface area contributed by atoms with Crippen molar-refractivity contribution in [3.05, 3.63) is 33.8 Å².